The number of amides is 2. The number of aryl methyl sites for hydroxylation is 1. The van der Waals surface area contributed by atoms with Gasteiger partial charge in [0, 0.05) is 28.2 Å². The van der Waals surface area contributed by atoms with Crippen LogP contribution >= 0.6 is 34.8 Å². The molecule has 8 heteroatoms. The Kier molecular flexibility index (Phi) is 9.48. The third kappa shape index (κ3) is 7.60. The second kappa shape index (κ2) is 11.6. The van der Waals surface area contributed by atoms with E-state index in [0.717, 1.165) is 5.56 Å². The van der Waals surface area contributed by atoms with Crippen LogP contribution in [-0.2, 0) is 16.1 Å². The number of nitrogens with one attached hydrogen (secondary N) is 1. The van der Waals surface area contributed by atoms with Gasteiger partial charge < -0.3 is 15.0 Å². The van der Waals surface area contributed by atoms with Gasteiger partial charge in [-0.1, -0.05) is 54.7 Å². The first-order valence-corrected chi connectivity index (χ1v) is 11.1. The first kappa shape index (κ1) is 25.3. The van der Waals surface area contributed by atoms with Crippen molar-refractivity contribution in [3.05, 3.63) is 62.6 Å². The maximum Gasteiger partial charge on any atom is 0.261 e. The highest BCUT2D eigenvalue weighted by atomic mass is 35.5. The molecular formula is C23H27Cl3N2O3. The quantitative estimate of drug-likeness (QED) is 0.508. The van der Waals surface area contributed by atoms with E-state index in [1.54, 1.807) is 43.3 Å². The first-order chi connectivity index (χ1) is 14.6. The van der Waals surface area contributed by atoms with Gasteiger partial charge in [-0.15, -0.1) is 0 Å². The number of hydrogen-bond donors (Lipinski definition) is 1. The average Bonchev–Trinajstić information content (AvgIpc) is 2.71. The zero-order chi connectivity index (χ0) is 23.1. The van der Waals surface area contributed by atoms with Crippen LogP contribution in [0.5, 0.6) is 5.75 Å². The van der Waals surface area contributed by atoms with Crippen molar-refractivity contribution in [2.45, 2.75) is 40.3 Å². The number of benzene rings is 2. The maximum atomic E-state index is 13.1. The second-order valence-electron chi connectivity index (χ2n) is 7.77. The molecule has 168 valence electrons. The summed E-state index contributed by atoms with van der Waals surface area (Å²) in [7, 11) is 0. The van der Waals surface area contributed by atoms with E-state index in [1.165, 1.54) is 4.90 Å². The maximum absolute atomic E-state index is 13.1. The lowest BCUT2D eigenvalue weighted by Gasteiger charge is -2.29. The molecule has 31 heavy (non-hydrogen) atoms. The van der Waals surface area contributed by atoms with Gasteiger partial charge in [0.25, 0.3) is 5.91 Å². The summed E-state index contributed by atoms with van der Waals surface area (Å²) in [6, 6.07) is 9.50. The van der Waals surface area contributed by atoms with Gasteiger partial charge in [0.05, 0.1) is 0 Å². The molecular weight excluding hydrogens is 459 g/mol. The Hall–Kier alpha value is -1.95. The summed E-state index contributed by atoms with van der Waals surface area (Å²) in [5.74, 6) is 0.236. The number of hydrogen-bond acceptors (Lipinski definition) is 3. The van der Waals surface area contributed by atoms with Gasteiger partial charge in [0.1, 0.15) is 11.8 Å². The van der Waals surface area contributed by atoms with Crippen LogP contribution in [0.25, 0.3) is 0 Å². The third-order valence-corrected chi connectivity index (χ3v) is 5.71. The number of ether oxygens (including phenoxy) is 1. The van der Waals surface area contributed by atoms with E-state index < -0.39 is 6.04 Å². The van der Waals surface area contributed by atoms with E-state index in [2.05, 4.69) is 5.32 Å². The average molecular weight is 486 g/mol. The van der Waals surface area contributed by atoms with Gasteiger partial charge in [-0.2, -0.15) is 0 Å². The molecule has 0 aromatic heterocycles. The van der Waals surface area contributed by atoms with Gasteiger partial charge in [-0.25, -0.2) is 0 Å². The van der Waals surface area contributed by atoms with Crippen molar-refractivity contribution in [3.8, 4) is 5.75 Å². The van der Waals surface area contributed by atoms with Gasteiger partial charge >= 0.3 is 0 Å². The molecule has 2 amide bonds. The fourth-order valence-corrected chi connectivity index (χ4v) is 3.39. The monoisotopic (exact) mass is 484 g/mol. The minimum atomic E-state index is -0.714. The SMILES string of the molecule is Cc1cc(OCC(=O)N(Cc2ccc(Cl)cc2Cl)[C@H](C)C(=O)NCC(C)C)ccc1Cl. The van der Waals surface area contributed by atoms with Gasteiger partial charge in [-0.05, 0) is 61.2 Å². The molecule has 2 rings (SSSR count). The van der Waals surface area contributed by atoms with Crippen molar-refractivity contribution in [1.82, 2.24) is 10.2 Å². The fourth-order valence-electron chi connectivity index (χ4n) is 2.80. The zero-order valence-electron chi connectivity index (χ0n) is 18.0. The Morgan fingerprint density at radius 2 is 1.74 bits per heavy atom. The van der Waals surface area contributed by atoms with Crippen molar-refractivity contribution in [2.24, 2.45) is 5.92 Å². The van der Waals surface area contributed by atoms with Crippen molar-refractivity contribution in [2.75, 3.05) is 13.2 Å². The molecule has 1 N–H and O–H groups in total. The molecule has 0 fully saturated rings. The summed E-state index contributed by atoms with van der Waals surface area (Å²) >= 11 is 18.3. The Bertz CT molecular complexity index is 934. The van der Waals surface area contributed by atoms with Crippen LogP contribution < -0.4 is 10.1 Å². The van der Waals surface area contributed by atoms with E-state index in [9.17, 15) is 9.59 Å². The lowest BCUT2D eigenvalue weighted by molar-refractivity contribution is -0.142. The van der Waals surface area contributed by atoms with Gasteiger partial charge in [0.2, 0.25) is 5.91 Å². The molecule has 0 radical (unpaired) electrons. The summed E-state index contributed by atoms with van der Waals surface area (Å²) in [5, 5.41) is 4.41. The normalized spacial score (nSPS) is 11.9. The highest BCUT2D eigenvalue weighted by Gasteiger charge is 2.27. The lowest BCUT2D eigenvalue weighted by Crippen LogP contribution is -2.49. The summed E-state index contributed by atoms with van der Waals surface area (Å²) in [6.07, 6.45) is 0. The van der Waals surface area contributed by atoms with Crippen LogP contribution in [0.3, 0.4) is 0 Å². The van der Waals surface area contributed by atoms with Crippen LogP contribution in [0.2, 0.25) is 15.1 Å². The van der Waals surface area contributed by atoms with Crippen molar-refractivity contribution in [1.29, 1.82) is 0 Å². The van der Waals surface area contributed by atoms with Gasteiger partial charge in [0.15, 0.2) is 6.61 Å². The van der Waals surface area contributed by atoms with E-state index in [-0.39, 0.29) is 25.0 Å². The topological polar surface area (TPSA) is 58.6 Å². The highest BCUT2D eigenvalue weighted by Crippen LogP contribution is 2.24. The minimum Gasteiger partial charge on any atom is -0.484 e. The molecule has 2 aromatic carbocycles. The van der Waals surface area contributed by atoms with Crippen LogP contribution in [-0.4, -0.2) is 35.9 Å². The predicted molar refractivity (Wildman–Crippen MR) is 126 cm³/mol. The summed E-state index contributed by atoms with van der Waals surface area (Å²) in [6.45, 7) is 7.99. The predicted octanol–water partition coefficient (Wildman–Crippen LogP) is 5.52. The molecule has 0 aliphatic rings. The standard InChI is InChI=1S/C23H27Cl3N2O3/c1-14(2)11-27-23(30)16(4)28(12-17-5-6-18(24)10-21(17)26)22(29)13-31-19-7-8-20(25)15(3)9-19/h5-10,14,16H,11-13H2,1-4H3,(H,27,30)/t16-/m1/s1. The Morgan fingerprint density at radius 3 is 2.35 bits per heavy atom. The largest absolute Gasteiger partial charge is 0.484 e. The second-order valence-corrected chi connectivity index (χ2v) is 9.02. The van der Waals surface area contributed by atoms with Gasteiger partial charge in [-0.3, -0.25) is 9.59 Å². The smallest absolute Gasteiger partial charge is 0.261 e. The highest BCUT2D eigenvalue weighted by molar-refractivity contribution is 6.35. The molecule has 0 aliphatic carbocycles. The molecule has 0 aliphatic heterocycles. The zero-order valence-corrected chi connectivity index (χ0v) is 20.3. The van der Waals surface area contributed by atoms with E-state index in [0.29, 0.717) is 38.8 Å². The minimum absolute atomic E-state index is 0.147. The molecule has 1 atom stereocenters. The molecule has 0 bridgehead atoms. The van der Waals surface area contributed by atoms with Crippen molar-refractivity contribution < 1.29 is 14.3 Å². The molecule has 0 heterocycles. The Balaban J connectivity index is 2.19. The van der Waals surface area contributed by atoms with Crippen LogP contribution in [0, 0.1) is 12.8 Å². The van der Waals surface area contributed by atoms with Crippen LogP contribution in [0.1, 0.15) is 31.9 Å². The molecule has 0 unspecified atom stereocenters. The van der Waals surface area contributed by atoms with Crippen LogP contribution in [0.4, 0.5) is 0 Å². The molecule has 2 aromatic rings. The van der Waals surface area contributed by atoms with E-state index in [4.69, 9.17) is 39.5 Å². The Morgan fingerprint density at radius 1 is 1.03 bits per heavy atom. The molecule has 5 nitrogen and oxygen atoms in total. The summed E-state index contributed by atoms with van der Waals surface area (Å²) in [4.78, 5) is 27.2. The van der Waals surface area contributed by atoms with Crippen LogP contribution in [0.15, 0.2) is 36.4 Å². The summed E-state index contributed by atoms with van der Waals surface area (Å²) in [5.41, 5.74) is 1.53. The molecule has 0 spiro atoms. The third-order valence-electron chi connectivity index (χ3n) is 4.70. The first-order valence-electron chi connectivity index (χ1n) is 9.98. The number of nitrogens with zero attached hydrogens (tertiary/aromatic N) is 1. The molecule has 0 saturated heterocycles. The fraction of sp³-hybridized carbons (Fsp3) is 0.391. The number of carbonyl (C=O) groups is 2. The number of halogens is 3. The van der Waals surface area contributed by atoms with E-state index >= 15 is 0 Å². The number of carbonyl (C=O) groups excluding carboxylic acids is 2. The lowest BCUT2D eigenvalue weighted by atomic mass is 10.1. The van der Waals surface area contributed by atoms with E-state index in [1.807, 2.05) is 20.8 Å². The number of rotatable bonds is 9. The molecule has 0 saturated carbocycles. The van der Waals surface area contributed by atoms with Crippen molar-refractivity contribution in [3.63, 3.8) is 0 Å². The Labute approximate surface area is 198 Å². The van der Waals surface area contributed by atoms with Crippen molar-refractivity contribution >= 4 is 46.6 Å². The summed E-state index contributed by atoms with van der Waals surface area (Å²) < 4.78 is 5.66.